The van der Waals surface area contributed by atoms with Crippen molar-refractivity contribution in [2.45, 2.75) is 33.2 Å². The molecular formula is C8H14BrN3. The lowest BCUT2D eigenvalue weighted by molar-refractivity contribution is 0.575. The highest BCUT2D eigenvalue weighted by atomic mass is 79.9. The minimum atomic E-state index is 0.737. The van der Waals surface area contributed by atoms with Crippen molar-refractivity contribution in [3.63, 3.8) is 0 Å². The largest absolute Gasteiger partial charge is 0.383 e. The second-order valence-electron chi connectivity index (χ2n) is 2.86. The number of unbranched alkanes of at least 4 members (excludes halogenated alkanes) is 1. The van der Waals surface area contributed by atoms with E-state index in [4.69, 9.17) is 5.73 Å². The summed E-state index contributed by atoms with van der Waals surface area (Å²) in [6.07, 6.45) is 2.29. The lowest BCUT2D eigenvalue weighted by atomic mass is 10.3. The number of aromatic nitrogens is 2. The van der Waals surface area contributed by atoms with Gasteiger partial charge in [0.15, 0.2) is 0 Å². The van der Waals surface area contributed by atoms with Gasteiger partial charge in [-0.2, -0.15) is 5.10 Å². The summed E-state index contributed by atoms with van der Waals surface area (Å²) in [6, 6.07) is 0. The monoisotopic (exact) mass is 231 g/mol. The SMILES string of the molecule is CCCCn1nc(C)c(Br)c1N. The van der Waals surface area contributed by atoms with E-state index in [1.807, 2.05) is 11.6 Å². The molecule has 0 atom stereocenters. The minimum Gasteiger partial charge on any atom is -0.383 e. The molecule has 1 aromatic rings. The Kier molecular flexibility index (Phi) is 3.14. The predicted molar refractivity (Wildman–Crippen MR) is 54.0 cm³/mol. The summed E-state index contributed by atoms with van der Waals surface area (Å²) >= 11 is 3.38. The average Bonchev–Trinajstić information content (AvgIpc) is 2.30. The highest BCUT2D eigenvalue weighted by Crippen LogP contribution is 2.22. The van der Waals surface area contributed by atoms with Gasteiger partial charge in [0.25, 0.3) is 0 Å². The van der Waals surface area contributed by atoms with Crippen LogP contribution in [0, 0.1) is 6.92 Å². The Bertz CT molecular complexity index is 268. The highest BCUT2D eigenvalue weighted by molar-refractivity contribution is 9.10. The van der Waals surface area contributed by atoms with Gasteiger partial charge in [-0.25, -0.2) is 4.68 Å². The average molecular weight is 232 g/mol. The summed E-state index contributed by atoms with van der Waals surface area (Å²) in [5.74, 6) is 0.737. The zero-order valence-electron chi connectivity index (χ0n) is 7.47. The second-order valence-corrected chi connectivity index (χ2v) is 3.65. The lowest BCUT2D eigenvalue weighted by Crippen LogP contribution is -2.04. The predicted octanol–water partition coefficient (Wildman–Crippen LogP) is 2.34. The van der Waals surface area contributed by atoms with Gasteiger partial charge in [-0.15, -0.1) is 0 Å². The maximum Gasteiger partial charge on any atom is 0.136 e. The number of aryl methyl sites for hydroxylation is 2. The van der Waals surface area contributed by atoms with E-state index in [9.17, 15) is 0 Å². The van der Waals surface area contributed by atoms with E-state index in [2.05, 4.69) is 28.0 Å². The van der Waals surface area contributed by atoms with Crippen LogP contribution in [-0.2, 0) is 6.54 Å². The molecule has 0 unspecified atom stereocenters. The van der Waals surface area contributed by atoms with Crippen LogP contribution in [0.25, 0.3) is 0 Å². The normalized spacial score (nSPS) is 10.6. The Morgan fingerprint density at radius 1 is 1.58 bits per heavy atom. The molecule has 0 amide bonds. The van der Waals surface area contributed by atoms with Crippen LogP contribution >= 0.6 is 15.9 Å². The summed E-state index contributed by atoms with van der Waals surface area (Å²) in [5, 5.41) is 4.29. The van der Waals surface area contributed by atoms with Crippen LogP contribution in [-0.4, -0.2) is 9.78 Å². The molecule has 0 saturated carbocycles. The van der Waals surface area contributed by atoms with Crippen LogP contribution in [0.5, 0.6) is 0 Å². The number of nitrogens with zero attached hydrogens (tertiary/aromatic N) is 2. The molecule has 2 N–H and O–H groups in total. The number of anilines is 1. The van der Waals surface area contributed by atoms with E-state index < -0.39 is 0 Å². The van der Waals surface area contributed by atoms with Crippen LogP contribution in [0.3, 0.4) is 0 Å². The first-order valence-electron chi connectivity index (χ1n) is 4.15. The van der Waals surface area contributed by atoms with Crippen LogP contribution in [0.1, 0.15) is 25.5 Å². The molecule has 1 rings (SSSR count). The van der Waals surface area contributed by atoms with Crippen molar-refractivity contribution in [2.75, 3.05) is 5.73 Å². The van der Waals surface area contributed by atoms with Crippen molar-refractivity contribution in [3.05, 3.63) is 10.2 Å². The number of rotatable bonds is 3. The number of halogens is 1. The van der Waals surface area contributed by atoms with Crippen LogP contribution in [0.2, 0.25) is 0 Å². The van der Waals surface area contributed by atoms with Crippen LogP contribution < -0.4 is 5.73 Å². The number of nitrogen functional groups attached to an aromatic ring is 1. The van der Waals surface area contributed by atoms with Gasteiger partial charge in [0.1, 0.15) is 5.82 Å². The van der Waals surface area contributed by atoms with Crippen LogP contribution in [0.4, 0.5) is 5.82 Å². The van der Waals surface area contributed by atoms with E-state index in [0.29, 0.717) is 0 Å². The Balaban J connectivity index is 2.79. The molecule has 4 heteroatoms. The van der Waals surface area contributed by atoms with Crippen molar-refractivity contribution in [1.29, 1.82) is 0 Å². The Morgan fingerprint density at radius 2 is 2.25 bits per heavy atom. The highest BCUT2D eigenvalue weighted by Gasteiger charge is 2.07. The molecule has 0 aromatic carbocycles. The fourth-order valence-electron chi connectivity index (χ4n) is 1.06. The van der Waals surface area contributed by atoms with Gasteiger partial charge in [-0.1, -0.05) is 13.3 Å². The number of nitrogens with two attached hydrogens (primary N) is 1. The molecule has 0 fully saturated rings. The van der Waals surface area contributed by atoms with Crippen molar-refractivity contribution in [1.82, 2.24) is 9.78 Å². The van der Waals surface area contributed by atoms with Gasteiger partial charge in [-0.05, 0) is 29.3 Å². The molecule has 0 radical (unpaired) electrons. The third-order valence-corrected chi connectivity index (χ3v) is 2.79. The van der Waals surface area contributed by atoms with Gasteiger partial charge < -0.3 is 5.73 Å². The summed E-state index contributed by atoms with van der Waals surface area (Å²) in [4.78, 5) is 0. The van der Waals surface area contributed by atoms with E-state index in [0.717, 1.165) is 35.4 Å². The zero-order chi connectivity index (χ0) is 9.14. The summed E-state index contributed by atoms with van der Waals surface area (Å²) in [7, 11) is 0. The first-order valence-corrected chi connectivity index (χ1v) is 4.94. The quantitative estimate of drug-likeness (QED) is 0.869. The third-order valence-electron chi connectivity index (χ3n) is 1.81. The van der Waals surface area contributed by atoms with Crippen molar-refractivity contribution in [3.8, 4) is 0 Å². The fourth-order valence-corrected chi connectivity index (χ4v) is 1.34. The molecule has 0 aliphatic rings. The fraction of sp³-hybridized carbons (Fsp3) is 0.625. The molecule has 0 aliphatic carbocycles. The molecule has 1 aromatic heterocycles. The Morgan fingerprint density at radius 3 is 2.67 bits per heavy atom. The topological polar surface area (TPSA) is 43.8 Å². The first kappa shape index (κ1) is 9.58. The van der Waals surface area contributed by atoms with Gasteiger partial charge in [-0.3, -0.25) is 0 Å². The van der Waals surface area contributed by atoms with Gasteiger partial charge in [0, 0.05) is 6.54 Å². The first-order chi connectivity index (χ1) is 5.66. The molecule has 0 bridgehead atoms. The molecule has 0 aliphatic heterocycles. The third kappa shape index (κ3) is 1.80. The molecule has 1 heterocycles. The van der Waals surface area contributed by atoms with Gasteiger partial charge in [0.05, 0.1) is 10.2 Å². The summed E-state index contributed by atoms with van der Waals surface area (Å²) < 4.78 is 2.78. The number of hydrogen-bond acceptors (Lipinski definition) is 2. The van der Waals surface area contributed by atoms with Gasteiger partial charge in [0.2, 0.25) is 0 Å². The molecule has 0 saturated heterocycles. The summed E-state index contributed by atoms with van der Waals surface area (Å²) in [5.41, 5.74) is 6.76. The Hall–Kier alpha value is -0.510. The van der Waals surface area contributed by atoms with E-state index in [1.165, 1.54) is 0 Å². The van der Waals surface area contributed by atoms with Crippen molar-refractivity contribution in [2.24, 2.45) is 0 Å². The standard InChI is InChI=1S/C8H14BrN3/c1-3-4-5-12-8(10)7(9)6(2)11-12/h3-5,10H2,1-2H3. The molecule has 3 nitrogen and oxygen atoms in total. The van der Waals surface area contributed by atoms with Crippen molar-refractivity contribution < 1.29 is 0 Å². The van der Waals surface area contributed by atoms with E-state index >= 15 is 0 Å². The molecular weight excluding hydrogens is 218 g/mol. The molecule has 0 spiro atoms. The maximum absolute atomic E-state index is 5.80. The zero-order valence-corrected chi connectivity index (χ0v) is 9.06. The molecule has 68 valence electrons. The second kappa shape index (κ2) is 3.94. The lowest BCUT2D eigenvalue weighted by Gasteiger charge is -2.01. The smallest absolute Gasteiger partial charge is 0.136 e. The van der Waals surface area contributed by atoms with Crippen molar-refractivity contribution >= 4 is 21.7 Å². The van der Waals surface area contributed by atoms with Crippen LogP contribution in [0.15, 0.2) is 4.47 Å². The van der Waals surface area contributed by atoms with E-state index in [1.54, 1.807) is 0 Å². The minimum absolute atomic E-state index is 0.737. The van der Waals surface area contributed by atoms with E-state index in [-0.39, 0.29) is 0 Å². The van der Waals surface area contributed by atoms with Gasteiger partial charge >= 0.3 is 0 Å². The number of hydrogen-bond donors (Lipinski definition) is 1. The maximum atomic E-state index is 5.80. The summed E-state index contributed by atoms with van der Waals surface area (Å²) in [6.45, 7) is 5.01. The molecule has 12 heavy (non-hydrogen) atoms. The Labute approximate surface area is 81.1 Å².